The smallest absolute Gasteiger partial charge is 0.227 e. The lowest BCUT2D eigenvalue weighted by atomic mass is 10.1. The highest BCUT2D eigenvalue weighted by Gasteiger charge is 2.10. The SMILES string of the molecule is O=CC(=O)c1c[nH]c2ccc(Br)cc12. The molecule has 1 aromatic heterocycles. The molecule has 0 aliphatic rings. The van der Waals surface area contributed by atoms with Gasteiger partial charge in [-0.2, -0.15) is 0 Å². The maximum absolute atomic E-state index is 11.2. The molecule has 70 valence electrons. The summed E-state index contributed by atoms with van der Waals surface area (Å²) in [7, 11) is 0. The fraction of sp³-hybridized carbons (Fsp3) is 0. The molecule has 0 bridgehead atoms. The Labute approximate surface area is 88.2 Å². The topological polar surface area (TPSA) is 49.9 Å². The molecule has 1 heterocycles. The van der Waals surface area contributed by atoms with Gasteiger partial charge in [-0.1, -0.05) is 15.9 Å². The van der Waals surface area contributed by atoms with Crippen LogP contribution in [0.3, 0.4) is 0 Å². The van der Waals surface area contributed by atoms with Gasteiger partial charge in [0.1, 0.15) is 0 Å². The molecule has 2 aromatic rings. The minimum Gasteiger partial charge on any atom is -0.360 e. The van der Waals surface area contributed by atoms with Crippen molar-refractivity contribution in [2.45, 2.75) is 0 Å². The van der Waals surface area contributed by atoms with Crippen molar-refractivity contribution in [2.75, 3.05) is 0 Å². The predicted octanol–water partition coefficient (Wildman–Crippen LogP) is 2.31. The van der Waals surface area contributed by atoms with Crippen molar-refractivity contribution >= 4 is 38.9 Å². The third-order valence-electron chi connectivity index (χ3n) is 2.02. The molecule has 0 atom stereocenters. The molecule has 0 saturated heterocycles. The minimum atomic E-state index is -0.505. The highest BCUT2D eigenvalue weighted by atomic mass is 79.9. The summed E-state index contributed by atoms with van der Waals surface area (Å²) in [5, 5.41) is 0.761. The molecule has 0 aliphatic carbocycles. The van der Waals surface area contributed by atoms with E-state index >= 15 is 0 Å². The highest BCUT2D eigenvalue weighted by Crippen LogP contribution is 2.22. The number of H-pyrrole nitrogens is 1. The number of carbonyl (C=O) groups excluding carboxylic acids is 2. The summed E-state index contributed by atoms with van der Waals surface area (Å²) in [6.45, 7) is 0. The Kier molecular flexibility index (Phi) is 2.21. The first-order chi connectivity index (χ1) is 6.72. The number of nitrogens with one attached hydrogen (secondary N) is 1. The summed E-state index contributed by atoms with van der Waals surface area (Å²) in [5.41, 5.74) is 1.26. The van der Waals surface area contributed by atoms with E-state index in [-0.39, 0.29) is 0 Å². The van der Waals surface area contributed by atoms with E-state index in [1.54, 1.807) is 6.20 Å². The number of aldehydes is 1. The molecule has 0 unspecified atom stereocenters. The van der Waals surface area contributed by atoms with Gasteiger partial charge in [-0.15, -0.1) is 0 Å². The van der Waals surface area contributed by atoms with Crippen molar-refractivity contribution in [1.29, 1.82) is 0 Å². The zero-order valence-corrected chi connectivity index (χ0v) is 8.67. The van der Waals surface area contributed by atoms with Gasteiger partial charge in [-0.3, -0.25) is 9.59 Å². The number of hydrogen-bond donors (Lipinski definition) is 1. The van der Waals surface area contributed by atoms with E-state index in [0.717, 1.165) is 15.4 Å². The van der Waals surface area contributed by atoms with Gasteiger partial charge in [0.05, 0.1) is 5.56 Å². The highest BCUT2D eigenvalue weighted by molar-refractivity contribution is 9.10. The molecule has 0 fully saturated rings. The molecule has 3 nitrogen and oxygen atoms in total. The van der Waals surface area contributed by atoms with E-state index in [1.807, 2.05) is 18.2 Å². The van der Waals surface area contributed by atoms with Crippen molar-refractivity contribution in [2.24, 2.45) is 0 Å². The first-order valence-corrected chi connectivity index (χ1v) is 4.78. The Hall–Kier alpha value is -1.42. The second kappa shape index (κ2) is 3.38. The maximum atomic E-state index is 11.2. The third-order valence-corrected chi connectivity index (χ3v) is 2.51. The third kappa shape index (κ3) is 1.37. The minimum absolute atomic E-state index is 0.323. The second-order valence-corrected chi connectivity index (χ2v) is 3.79. The van der Waals surface area contributed by atoms with Crippen LogP contribution in [0.4, 0.5) is 0 Å². The number of aromatic amines is 1. The molecule has 0 aliphatic heterocycles. The van der Waals surface area contributed by atoms with Crippen LogP contribution < -0.4 is 0 Å². The number of aromatic nitrogens is 1. The normalized spacial score (nSPS) is 10.4. The summed E-state index contributed by atoms with van der Waals surface area (Å²) in [5.74, 6) is -0.505. The van der Waals surface area contributed by atoms with Crippen molar-refractivity contribution in [1.82, 2.24) is 4.98 Å². The lowest BCUT2D eigenvalue weighted by Gasteiger charge is -1.93. The van der Waals surface area contributed by atoms with Crippen LogP contribution in [-0.2, 0) is 4.79 Å². The van der Waals surface area contributed by atoms with E-state index in [4.69, 9.17) is 0 Å². The van der Waals surface area contributed by atoms with Crippen LogP contribution in [-0.4, -0.2) is 17.1 Å². The molecule has 0 amide bonds. The molecule has 14 heavy (non-hydrogen) atoms. The Morgan fingerprint density at radius 1 is 1.43 bits per heavy atom. The van der Waals surface area contributed by atoms with Gasteiger partial charge in [-0.05, 0) is 18.2 Å². The van der Waals surface area contributed by atoms with E-state index in [2.05, 4.69) is 20.9 Å². The van der Waals surface area contributed by atoms with Crippen LogP contribution in [0.25, 0.3) is 10.9 Å². The summed E-state index contributed by atoms with van der Waals surface area (Å²) >= 11 is 3.31. The number of rotatable bonds is 2. The largest absolute Gasteiger partial charge is 0.360 e. The van der Waals surface area contributed by atoms with E-state index in [0.29, 0.717) is 11.8 Å². The van der Waals surface area contributed by atoms with Crippen LogP contribution in [0, 0.1) is 0 Å². The number of fused-ring (bicyclic) bond motifs is 1. The Bertz CT molecular complexity index is 516. The van der Waals surface area contributed by atoms with E-state index in [9.17, 15) is 9.59 Å². The number of halogens is 1. The molecular weight excluding hydrogens is 246 g/mol. The predicted molar refractivity (Wildman–Crippen MR) is 56.4 cm³/mol. The van der Waals surface area contributed by atoms with Gasteiger partial charge in [0.25, 0.3) is 0 Å². The summed E-state index contributed by atoms with van der Waals surface area (Å²) < 4.78 is 0.879. The van der Waals surface area contributed by atoms with Crippen LogP contribution in [0.1, 0.15) is 10.4 Å². The fourth-order valence-electron chi connectivity index (χ4n) is 1.36. The van der Waals surface area contributed by atoms with Crippen molar-refractivity contribution in [3.05, 3.63) is 34.4 Å². The van der Waals surface area contributed by atoms with Gasteiger partial charge in [-0.25, -0.2) is 0 Å². The molecular formula is C10H6BrNO2. The molecule has 0 radical (unpaired) electrons. The van der Waals surface area contributed by atoms with Crippen LogP contribution in [0.5, 0.6) is 0 Å². The van der Waals surface area contributed by atoms with Gasteiger partial charge in [0.15, 0.2) is 6.29 Å². The zero-order valence-electron chi connectivity index (χ0n) is 7.08. The number of carbonyl (C=O) groups is 2. The summed E-state index contributed by atoms with van der Waals surface area (Å²) in [6, 6.07) is 5.53. The zero-order chi connectivity index (χ0) is 10.1. The lowest BCUT2D eigenvalue weighted by Crippen LogP contribution is -1.97. The first-order valence-electron chi connectivity index (χ1n) is 3.98. The van der Waals surface area contributed by atoms with Crippen LogP contribution >= 0.6 is 15.9 Å². The van der Waals surface area contributed by atoms with Gasteiger partial charge in [0.2, 0.25) is 5.78 Å². The quantitative estimate of drug-likeness (QED) is 0.506. The standard InChI is InChI=1S/C10H6BrNO2/c11-6-1-2-9-7(3-6)8(4-12-9)10(14)5-13/h1-5,12H. The van der Waals surface area contributed by atoms with Gasteiger partial charge >= 0.3 is 0 Å². The van der Waals surface area contributed by atoms with E-state index in [1.165, 1.54) is 0 Å². The lowest BCUT2D eigenvalue weighted by molar-refractivity contribution is -0.104. The Morgan fingerprint density at radius 2 is 2.21 bits per heavy atom. The number of hydrogen-bond acceptors (Lipinski definition) is 2. The number of Topliss-reactive ketones (excluding diaryl/α,β-unsaturated/α-hetero) is 1. The summed E-state index contributed by atoms with van der Waals surface area (Å²) in [6.07, 6.45) is 1.87. The molecule has 2 rings (SSSR count). The van der Waals surface area contributed by atoms with Gasteiger partial charge in [0, 0.05) is 21.6 Å². The average molecular weight is 252 g/mol. The Morgan fingerprint density at radius 3 is 2.93 bits per heavy atom. The van der Waals surface area contributed by atoms with Crippen LogP contribution in [0.15, 0.2) is 28.9 Å². The molecule has 0 saturated carbocycles. The van der Waals surface area contributed by atoms with Crippen molar-refractivity contribution < 1.29 is 9.59 Å². The first kappa shape index (κ1) is 9.15. The number of benzene rings is 1. The average Bonchev–Trinajstić information content (AvgIpc) is 2.59. The Balaban J connectivity index is 2.72. The number of ketones is 1. The molecule has 4 heteroatoms. The van der Waals surface area contributed by atoms with Crippen molar-refractivity contribution in [3.63, 3.8) is 0 Å². The maximum Gasteiger partial charge on any atom is 0.227 e. The second-order valence-electron chi connectivity index (χ2n) is 2.87. The van der Waals surface area contributed by atoms with Crippen molar-refractivity contribution in [3.8, 4) is 0 Å². The molecule has 1 N–H and O–H groups in total. The van der Waals surface area contributed by atoms with Gasteiger partial charge < -0.3 is 4.98 Å². The van der Waals surface area contributed by atoms with Crippen LogP contribution in [0.2, 0.25) is 0 Å². The molecule has 0 spiro atoms. The fourth-order valence-corrected chi connectivity index (χ4v) is 1.72. The van der Waals surface area contributed by atoms with E-state index < -0.39 is 5.78 Å². The monoisotopic (exact) mass is 251 g/mol. The summed E-state index contributed by atoms with van der Waals surface area (Å²) in [4.78, 5) is 24.5. The molecule has 1 aromatic carbocycles.